The zero-order chi connectivity index (χ0) is 28.3. The number of esters is 1. The smallest absolute Gasteiger partial charge is 0.305 e. The Bertz CT molecular complexity index is 1040. The zero-order valence-corrected chi connectivity index (χ0v) is 25.6. The number of carbonyl (C=O) groups excluding carboxylic acids is 1. The minimum absolute atomic E-state index is 0.183. The number of rotatable bonds is 10. The highest BCUT2D eigenvalue weighted by molar-refractivity contribution is 7.99. The normalized spacial score (nSPS) is 26.7. The van der Waals surface area contributed by atoms with Crippen LogP contribution in [0.2, 0.25) is 5.04 Å². The standard InChI is InChI=1S/C30H42O7SSi/c1-29(2,3)39(21-14-9-7-10-15-21,22-16-11-8-12-17-22)34-20-23-26-27(37-30(4,5)36-26)25(32)28(35-23)38-19-13-18-24(31)33-6/h7-12,14-17,23,25-28,32H,13,18-20H2,1-6H3. The van der Waals surface area contributed by atoms with Crippen molar-refractivity contribution >= 4 is 36.4 Å². The van der Waals surface area contributed by atoms with E-state index in [9.17, 15) is 9.90 Å². The second kappa shape index (κ2) is 12.4. The van der Waals surface area contributed by atoms with Gasteiger partial charge in [-0.15, -0.1) is 11.8 Å². The number of aliphatic hydroxyl groups excluding tert-OH is 1. The summed E-state index contributed by atoms with van der Waals surface area (Å²) < 4.78 is 30.9. The first kappa shape index (κ1) is 30.2. The van der Waals surface area contributed by atoms with E-state index in [0.29, 0.717) is 25.2 Å². The molecule has 7 nitrogen and oxygen atoms in total. The first-order valence-electron chi connectivity index (χ1n) is 13.6. The maximum atomic E-state index is 11.5. The molecule has 5 atom stereocenters. The third kappa shape index (κ3) is 6.61. The number of thioether (sulfide) groups is 1. The summed E-state index contributed by atoms with van der Waals surface area (Å²) in [5, 5.41) is 13.4. The van der Waals surface area contributed by atoms with Crippen LogP contribution in [0.1, 0.15) is 47.5 Å². The highest BCUT2D eigenvalue weighted by Crippen LogP contribution is 2.42. The van der Waals surface area contributed by atoms with Gasteiger partial charge in [0.2, 0.25) is 0 Å². The fourth-order valence-electron chi connectivity index (χ4n) is 5.61. The van der Waals surface area contributed by atoms with Gasteiger partial charge in [-0.2, -0.15) is 0 Å². The van der Waals surface area contributed by atoms with Crippen LogP contribution in [0.4, 0.5) is 0 Å². The summed E-state index contributed by atoms with van der Waals surface area (Å²) in [4.78, 5) is 11.5. The van der Waals surface area contributed by atoms with Crippen molar-refractivity contribution < 1.29 is 33.3 Å². The predicted octanol–water partition coefficient (Wildman–Crippen LogP) is 3.86. The van der Waals surface area contributed by atoms with Crippen molar-refractivity contribution in [2.24, 2.45) is 0 Å². The average Bonchev–Trinajstić information content (AvgIpc) is 3.25. The Morgan fingerprint density at radius 1 is 1.00 bits per heavy atom. The zero-order valence-electron chi connectivity index (χ0n) is 23.8. The SMILES string of the molecule is COC(=O)CCCSC1OC(CO[Si](c2ccccc2)(c2ccccc2)C(C)(C)C)C2OC(C)(C)OC2C1O. The first-order chi connectivity index (χ1) is 18.5. The van der Waals surface area contributed by atoms with E-state index >= 15 is 0 Å². The van der Waals surface area contributed by atoms with Crippen molar-refractivity contribution in [3.05, 3.63) is 60.7 Å². The van der Waals surface area contributed by atoms with Crippen LogP contribution in [0.15, 0.2) is 60.7 Å². The summed E-state index contributed by atoms with van der Waals surface area (Å²) in [5.41, 5.74) is -0.533. The van der Waals surface area contributed by atoms with Gasteiger partial charge in [-0.05, 0) is 41.4 Å². The Morgan fingerprint density at radius 3 is 2.10 bits per heavy atom. The maximum absolute atomic E-state index is 11.5. The Labute approximate surface area is 237 Å². The first-order valence-corrected chi connectivity index (χ1v) is 16.6. The molecule has 0 radical (unpaired) electrons. The summed E-state index contributed by atoms with van der Waals surface area (Å²) in [6.45, 7) is 10.7. The van der Waals surface area contributed by atoms with Gasteiger partial charge in [0.15, 0.2) is 5.79 Å². The van der Waals surface area contributed by atoms with E-state index in [1.54, 1.807) is 0 Å². The number of benzene rings is 2. The molecule has 5 unspecified atom stereocenters. The van der Waals surface area contributed by atoms with Crippen LogP contribution in [-0.4, -0.2) is 74.5 Å². The Balaban J connectivity index is 1.61. The number of fused-ring (bicyclic) bond motifs is 1. The molecule has 2 aromatic carbocycles. The number of hydrogen-bond acceptors (Lipinski definition) is 8. The largest absolute Gasteiger partial charge is 0.469 e. The molecule has 4 rings (SSSR count). The molecule has 2 aliphatic heterocycles. The molecule has 0 spiro atoms. The fraction of sp³-hybridized carbons (Fsp3) is 0.567. The van der Waals surface area contributed by atoms with Crippen LogP contribution in [0.25, 0.3) is 0 Å². The lowest BCUT2D eigenvalue weighted by Crippen LogP contribution is -2.68. The summed E-state index contributed by atoms with van der Waals surface area (Å²) in [6.07, 6.45) is -1.38. The minimum Gasteiger partial charge on any atom is -0.469 e. The molecule has 2 aliphatic rings. The van der Waals surface area contributed by atoms with Crippen LogP contribution >= 0.6 is 11.8 Å². The summed E-state index contributed by atoms with van der Waals surface area (Å²) >= 11 is 1.48. The second-order valence-electron chi connectivity index (χ2n) is 11.6. The average molecular weight is 575 g/mol. The van der Waals surface area contributed by atoms with E-state index in [2.05, 4.69) is 69.3 Å². The number of aliphatic hydroxyl groups is 1. The molecule has 2 saturated heterocycles. The molecule has 0 aliphatic carbocycles. The lowest BCUT2D eigenvalue weighted by Gasteiger charge is -2.45. The molecule has 1 N–H and O–H groups in total. The molecule has 214 valence electrons. The molecule has 9 heteroatoms. The summed E-state index contributed by atoms with van der Waals surface area (Å²) in [6, 6.07) is 21.0. The molecular formula is C30H42O7SSi. The van der Waals surface area contributed by atoms with Gasteiger partial charge in [0.25, 0.3) is 8.32 Å². The van der Waals surface area contributed by atoms with Crippen molar-refractivity contribution in [1.29, 1.82) is 0 Å². The van der Waals surface area contributed by atoms with Crippen LogP contribution < -0.4 is 10.4 Å². The second-order valence-corrected chi connectivity index (χ2v) is 17.1. The van der Waals surface area contributed by atoms with Gasteiger partial charge in [-0.3, -0.25) is 4.79 Å². The third-order valence-corrected chi connectivity index (χ3v) is 13.6. The van der Waals surface area contributed by atoms with Crippen molar-refractivity contribution in [3.63, 3.8) is 0 Å². The van der Waals surface area contributed by atoms with E-state index in [-0.39, 0.29) is 11.0 Å². The van der Waals surface area contributed by atoms with Gasteiger partial charge in [0.05, 0.1) is 13.7 Å². The van der Waals surface area contributed by atoms with Crippen LogP contribution in [0, 0.1) is 0 Å². The lowest BCUT2D eigenvalue weighted by molar-refractivity contribution is -0.166. The maximum Gasteiger partial charge on any atom is 0.305 e. The lowest BCUT2D eigenvalue weighted by atomic mass is 10.0. The van der Waals surface area contributed by atoms with Crippen molar-refractivity contribution in [2.45, 2.75) is 88.1 Å². The number of hydrogen-bond donors (Lipinski definition) is 1. The van der Waals surface area contributed by atoms with Crippen LogP contribution in [0.3, 0.4) is 0 Å². The quantitative estimate of drug-likeness (QED) is 0.260. The predicted molar refractivity (Wildman–Crippen MR) is 156 cm³/mol. The van der Waals surface area contributed by atoms with E-state index in [1.807, 2.05) is 26.0 Å². The molecule has 0 saturated carbocycles. The van der Waals surface area contributed by atoms with E-state index in [1.165, 1.54) is 29.2 Å². The Hall–Kier alpha value is -1.72. The number of ether oxygens (including phenoxy) is 4. The van der Waals surface area contributed by atoms with E-state index < -0.39 is 44.0 Å². The van der Waals surface area contributed by atoms with E-state index in [0.717, 1.165) is 0 Å². The van der Waals surface area contributed by atoms with Crippen molar-refractivity contribution in [1.82, 2.24) is 0 Å². The molecular weight excluding hydrogens is 532 g/mol. The molecule has 2 fully saturated rings. The van der Waals surface area contributed by atoms with Gasteiger partial charge in [-0.25, -0.2) is 0 Å². The van der Waals surface area contributed by atoms with Crippen LogP contribution in [-0.2, 0) is 28.2 Å². The fourth-order valence-corrected chi connectivity index (χ4v) is 11.3. The molecule has 0 bridgehead atoms. The van der Waals surface area contributed by atoms with Crippen LogP contribution in [0.5, 0.6) is 0 Å². The molecule has 0 aromatic heterocycles. The molecule has 39 heavy (non-hydrogen) atoms. The highest BCUT2D eigenvalue weighted by atomic mass is 32.2. The summed E-state index contributed by atoms with van der Waals surface area (Å²) in [7, 11) is -1.41. The summed E-state index contributed by atoms with van der Waals surface area (Å²) in [5.74, 6) is -0.452. The number of carbonyl (C=O) groups is 1. The Kier molecular flexibility index (Phi) is 9.63. The monoisotopic (exact) mass is 574 g/mol. The van der Waals surface area contributed by atoms with Crippen molar-refractivity contribution in [3.8, 4) is 0 Å². The van der Waals surface area contributed by atoms with E-state index in [4.69, 9.17) is 23.4 Å². The van der Waals surface area contributed by atoms with Gasteiger partial charge in [0.1, 0.15) is 29.9 Å². The molecule has 0 amide bonds. The third-order valence-electron chi connectivity index (χ3n) is 7.37. The highest BCUT2D eigenvalue weighted by Gasteiger charge is 2.56. The van der Waals surface area contributed by atoms with Gasteiger partial charge in [0, 0.05) is 6.42 Å². The molecule has 2 heterocycles. The molecule has 2 aromatic rings. The van der Waals surface area contributed by atoms with Gasteiger partial charge in [-0.1, -0.05) is 81.4 Å². The Morgan fingerprint density at radius 2 is 1.56 bits per heavy atom. The number of methoxy groups -OCH3 is 1. The minimum atomic E-state index is -2.80. The van der Waals surface area contributed by atoms with Crippen molar-refractivity contribution in [2.75, 3.05) is 19.5 Å². The van der Waals surface area contributed by atoms with Gasteiger partial charge >= 0.3 is 5.97 Å². The topological polar surface area (TPSA) is 83.5 Å². The van der Waals surface area contributed by atoms with Gasteiger partial charge < -0.3 is 28.5 Å².